The maximum Gasteiger partial charge on any atom is 0.286 e. The Labute approximate surface area is 160 Å². The van der Waals surface area contributed by atoms with Crippen molar-refractivity contribution < 1.29 is 14.0 Å². The lowest BCUT2D eigenvalue weighted by Gasteiger charge is -2.30. The summed E-state index contributed by atoms with van der Waals surface area (Å²) in [5, 5.41) is 5.69. The van der Waals surface area contributed by atoms with Crippen LogP contribution in [0.5, 0.6) is 0 Å². The SMILES string of the molecule is CCN(CC)[C@@H](CNC(=O)CCNC(=O)c1ccco1)Cc1ccccc1. The van der Waals surface area contributed by atoms with Crippen LogP contribution in [0.2, 0.25) is 0 Å². The molecule has 146 valence electrons. The highest BCUT2D eigenvalue weighted by molar-refractivity contribution is 5.91. The van der Waals surface area contributed by atoms with Gasteiger partial charge in [0.1, 0.15) is 0 Å². The monoisotopic (exact) mass is 371 g/mol. The lowest BCUT2D eigenvalue weighted by molar-refractivity contribution is -0.121. The molecule has 2 aromatic rings. The van der Waals surface area contributed by atoms with E-state index in [1.807, 2.05) is 18.2 Å². The lowest BCUT2D eigenvalue weighted by atomic mass is 10.0. The first kappa shape index (κ1) is 20.7. The van der Waals surface area contributed by atoms with E-state index in [4.69, 9.17) is 4.42 Å². The van der Waals surface area contributed by atoms with Gasteiger partial charge in [-0.3, -0.25) is 14.5 Å². The number of furan rings is 1. The molecule has 1 atom stereocenters. The molecule has 2 rings (SSSR count). The van der Waals surface area contributed by atoms with Crippen LogP contribution in [-0.4, -0.2) is 48.9 Å². The standard InChI is InChI=1S/C21H29N3O3/c1-3-24(4-2)18(15-17-9-6-5-7-10-17)16-23-20(25)12-13-22-21(26)19-11-8-14-27-19/h5-11,14,18H,3-4,12-13,15-16H2,1-2H3,(H,22,26)(H,23,25)/t18-/m1/s1. The van der Waals surface area contributed by atoms with Gasteiger partial charge in [0.05, 0.1) is 6.26 Å². The average molecular weight is 371 g/mol. The van der Waals surface area contributed by atoms with Gasteiger partial charge in [-0.15, -0.1) is 0 Å². The van der Waals surface area contributed by atoms with Gasteiger partial charge >= 0.3 is 0 Å². The minimum absolute atomic E-state index is 0.0695. The number of nitrogens with zero attached hydrogens (tertiary/aromatic N) is 1. The summed E-state index contributed by atoms with van der Waals surface area (Å²) in [6, 6.07) is 13.8. The fourth-order valence-electron chi connectivity index (χ4n) is 3.06. The molecule has 0 bridgehead atoms. The van der Waals surface area contributed by atoms with Crippen molar-refractivity contribution in [2.45, 2.75) is 32.7 Å². The molecule has 2 N–H and O–H groups in total. The summed E-state index contributed by atoms with van der Waals surface area (Å²) in [7, 11) is 0. The fourth-order valence-corrected chi connectivity index (χ4v) is 3.06. The van der Waals surface area contributed by atoms with Crippen molar-refractivity contribution in [2.75, 3.05) is 26.2 Å². The molecule has 0 radical (unpaired) electrons. The van der Waals surface area contributed by atoms with Crippen molar-refractivity contribution in [3.63, 3.8) is 0 Å². The van der Waals surface area contributed by atoms with Gasteiger partial charge in [0.15, 0.2) is 5.76 Å². The molecule has 0 saturated heterocycles. The molecule has 1 aromatic carbocycles. The van der Waals surface area contributed by atoms with Gasteiger partial charge in [0.25, 0.3) is 5.91 Å². The minimum atomic E-state index is -0.308. The van der Waals surface area contributed by atoms with Crippen LogP contribution in [-0.2, 0) is 11.2 Å². The first-order valence-electron chi connectivity index (χ1n) is 9.50. The van der Waals surface area contributed by atoms with Gasteiger partial charge in [-0.2, -0.15) is 0 Å². The molecule has 6 heteroatoms. The maximum atomic E-state index is 12.2. The van der Waals surface area contributed by atoms with Gasteiger partial charge in [-0.1, -0.05) is 44.2 Å². The van der Waals surface area contributed by atoms with Gasteiger partial charge in [-0.05, 0) is 37.2 Å². The van der Waals surface area contributed by atoms with E-state index in [0.717, 1.165) is 19.5 Å². The van der Waals surface area contributed by atoms with Crippen LogP contribution in [0.25, 0.3) is 0 Å². The molecule has 6 nitrogen and oxygen atoms in total. The second-order valence-corrected chi connectivity index (χ2v) is 6.35. The minimum Gasteiger partial charge on any atom is -0.459 e. The third-order valence-corrected chi connectivity index (χ3v) is 4.56. The quantitative estimate of drug-likeness (QED) is 0.636. The molecule has 0 aliphatic carbocycles. The van der Waals surface area contributed by atoms with Crippen molar-refractivity contribution in [3.05, 3.63) is 60.1 Å². The molecule has 0 saturated carbocycles. The Bertz CT molecular complexity index is 682. The molecule has 0 spiro atoms. The van der Waals surface area contributed by atoms with E-state index in [9.17, 15) is 9.59 Å². The molecular formula is C21H29N3O3. The van der Waals surface area contributed by atoms with E-state index in [-0.39, 0.29) is 36.6 Å². The van der Waals surface area contributed by atoms with Crippen LogP contribution in [0.4, 0.5) is 0 Å². The van der Waals surface area contributed by atoms with Crippen molar-refractivity contribution >= 4 is 11.8 Å². The number of benzene rings is 1. The first-order chi connectivity index (χ1) is 13.1. The zero-order chi connectivity index (χ0) is 19.5. The number of amides is 2. The summed E-state index contributed by atoms with van der Waals surface area (Å²) < 4.78 is 5.02. The second-order valence-electron chi connectivity index (χ2n) is 6.35. The van der Waals surface area contributed by atoms with Crippen LogP contribution >= 0.6 is 0 Å². The van der Waals surface area contributed by atoms with Gasteiger partial charge < -0.3 is 15.1 Å². The van der Waals surface area contributed by atoms with Gasteiger partial charge in [0.2, 0.25) is 5.91 Å². The van der Waals surface area contributed by atoms with Gasteiger partial charge in [-0.25, -0.2) is 0 Å². The normalized spacial score (nSPS) is 12.0. The highest BCUT2D eigenvalue weighted by atomic mass is 16.3. The Balaban J connectivity index is 1.78. The number of rotatable bonds is 11. The lowest BCUT2D eigenvalue weighted by Crippen LogP contribution is -2.45. The first-order valence-corrected chi connectivity index (χ1v) is 9.50. The Hall–Kier alpha value is -2.60. The number of carbonyl (C=O) groups excluding carboxylic acids is 2. The number of hydrogen-bond acceptors (Lipinski definition) is 4. The van der Waals surface area contributed by atoms with Crippen molar-refractivity contribution in [2.24, 2.45) is 0 Å². The zero-order valence-electron chi connectivity index (χ0n) is 16.1. The van der Waals surface area contributed by atoms with Crippen LogP contribution in [0.15, 0.2) is 53.1 Å². The predicted octanol–water partition coefficient (Wildman–Crippen LogP) is 2.47. The van der Waals surface area contributed by atoms with E-state index in [2.05, 4.69) is 41.5 Å². The van der Waals surface area contributed by atoms with E-state index in [1.165, 1.54) is 11.8 Å². The van der Waals surface area contributed by atoms with Crippen molar-refractivity contribution in [1.82, 2.24) is 15.5 Å². The van der Waals surface area contributed by atoms with Crippen LogP contribution < -0.4 is 10.6 Å². The Kier molecular flexibility index (Phi) is 8.58. The van der Waals surface area contributed by atoms with E-state index in [1.54, 1.807) is 12.1 Å². The highest BCUT2D eigenvalue weighted by Gasteiger charge is 2.17. The van der Waals surface area contributed by atoms with Crippen LogP contribution in [0.1, 0.15) is 36.4 Å². The summed E-state index contributed by atoms with van der Waals surface area (Å²) in [6.07, 6.45) is 2.57. The Morgan fingerprint density at radius 1 is 1.04 bits per heavy atom. The topological polar surface area (TPSA) is 74.6 Å². The molecule has 1 aromatic heterocycles. The Morgan fingerprint density at radius 2 is 1.78 bits per heavy atom. The molecule has 0 fully saturated rings. The predicted molar refractivity (Wildman–Crippen MR) is 106 cm³/mol. The van der Waals surface area contributed by atoms with E-state index in [0.29, 0.717) is 6.54 Å². The summed E-state index contributed by atoms with van der Waals surface area (Å²) in [6.45, 7) is 6.99. The van der Waals surface area contributed by atoms with Crippen LogP contribution in [0, 0.1) is 0 Å². The molecule has 2 amide bonds. The maximum absolute atomic E-state index is 12.2. The van der Waals surface area contributed by atoms with Crippen molar-refractivity contribution in [3.8, 4) is 0 Å². The molecule has 0 aliphatic heterocycles. The fraction of sp³-hybridized carbons (Fsp3) is 0.429. The molecule has 27 heavy (non-hydrogen) atoms. The number of likely N-dealkylation sites (N-methyl/N-ethyl adjacent to an activating group) is 1. The molecular weight excluding hydrogens is 342 g/mol. The third-order valence-electron chi connectivity index (χ3n) is 4.56. The average Bonchev–Trinajstić information content (AvgIpc) is 3.22. The summed E-state index contributed by atoms with van der Waals surface area (Å²) in [5.41, 5.74) is 1.26. The zero-order valence-corrected chi connectivity index (χ0v) is 16.1. The smallest absolute Gasteiger partial charge is 0.286 e. The molecule has 0 unspecified atom stereocenters. The molecule has 1 heterocycles. The summed E-state index contributed by atoms with van der Waals surface area (Å²) >= 11 is 0. The second kappa shape index (κ2) is 11.2. The molecule has 0 aliphatic rings. The third kappa shape index (κ3) is 6.90. The Morgan fingerprint density at radius 3 is 2.41 bits per heavy atom. The summed E-state index contributed by atoms with van der Waals surface area (Å²) in [5.74, 6) is -0.127. The van der Waals surface area contributed by atoms with E-state index < -0.39 is 0 Å². The number of hydrogen-bond donors (Lipinski definition) is 2. The number of nitrogens with one attached hydrogen (secondary N) is 2. The van der Waals surface area contributed by atoms with Crippen molar-refractivity contribution in [1.29, 1.82) is 0 Å². The number of carbonyl (C=O) groups is 2. The van der Waals surface area contributed by atoms with Crippen LogP contribution in [0.3, 0.4) is 0 Å². The van der Waals surface area contributed by atoms with E-state index >= 15 is 0 Å². The van der Waals surface area contributed by atoms with Gasteiger partial charge in [0, 0.05) is 25.6 Å². The summed E-state index contributed by atoms with van der Waals surface area (Å²) in [4.78, 5) is 26.3. The highest BCUT2D eigenvalue weighted by Crippen LogP contribution is 2.09. The largest absolute Gasteiger partial charge is 0.459 e.